The van der Waals surface area contributed by atoms with E-state index in [1.807, 2.05) is 0 Å². The monoisotopic (exact) mass is 261 g/mol. The summed E-state index contributed by atoms with van der Waals surface area (Å²) >= 11 is 3.21. The van der Waals surface area contributed by atoms with Crippen molar-refractivity contribution in [1.82, 2.24) is 0 Å². The van der Waals surface area contributed by atoms with Crippen LogP contribution in [-0.2, 0) is 0 Å². The van der Waals surface area contributed by atoms with Gasteiger partial charge in [0.05, 0.1) is 6.61 Å². The number of hydrogen-bond acceptors (Lipinski definition) is 4. The molecule has 0 radical (unpaired) electrons. The summed E-state index contributed by atoms with van der Waals surface area (Å²) in [5.74, 6) is 0. The van der Waals surface area contributed by atoms with Crippen molar-refractivity contribution in [3.05, 3.63) is 28.2 Å². The number of anilines is 1. The second-order valence-corrected chi connectivity index (χ2v) is 3.83. The minimum absolute atomic E-state index is 0.483. The fraction of sp³-hybridized carbons (Fsp3) is 0.333. The Kier molecular flexibility index (Phi) is 3.88. The number of aliphatic hydroxyl groups is 3. The minimum atomic E-state index is -1.18. The Hall–Kier alpha value is -0.620. The van der Waals surface area contributed by atoms with Gasteiger partial charge in [-0.2, -0.15) is 0 Å². The van der Waals surface area contributed by atoms with E-state index in [-0.39, 0.29) is 0 Å². The number of aliphatic hydroxyl groups excluding tert-OH is 3. The van der Waals surface area contributed by atoms with Gasteiger partial charge in [-0.05, 0) is 33.6 Å². The molecular weight excluding hydrogens is 250 g/mol. The van der Waals surface area contributed by atoms with Crippen LogP contribution in [0.3, 0.4) is 0 Å². The molecule has 1 aromatic carbocycles. The van der Waals surface area contributed by atoms with E-state index in [4.69, 9.17) is 10.8 Å². The SMILES string of the molecule is Nc1ccc(C(O)C(O)CO)cc1Br. The van der Waals surface area contributed by atoms with E-state index in [9.17, 15) is 10.2 Å². The summed E-state index contributed by atoms with van der Waals surface area (Å²) in [6, 6.07) is 4.83. The van der Waals surface area contributed by atoms with E-state index in [2.05, 4.69) is 15.9 Å². The Morgan fingerprint density at radius 2 is 2.00 bits per heavy atom. The van der Waals surface area contributed by atoms with E-state index >= 15 is 0 Å². The Morgan fingerprint density at radius 3 is 2.50 bits per heavy atom. The molecule has 5 N–H and O–H groups in total. The third-order valence-corrected chi connectivity index (χ3v) is 2.60. The Bertz CT molecular complexity index is 319. The first-order valence-corrected chi connectivity index (χ1v) is 4.87. The summed E-state index contributed by atoms with van der Waals surface area (Å²) in [6.07, 6.45) is -2.28. The molecule has 0 aromatic heterocycles. The van der Waals surface area contributed by atoms with Gasteiger partial charge in [0, 0.05) is 10.2 Å². The molecular formula is C9H12BrNO3. The standard InChI is InChI=1S/C9H12BrNO3/c10-6-3-5(1-2-7(6)11)9(14)8(13)4-12/h1-3,8-9,12-14H,4,11H2. The highest BCUT2D eigenvalue weighted by Crippen LogP contribution is 2.25. The van der Waals surface area contributed by atoms with Crippen molar-refractivity contribution in [1.29, 1.82) is 0 Å². The van der Waals surface area contributed by atoms with Crippen LogP contribution >= 0.6 is 15.9 Å². The Balaban J connectivity index is 2.91. The van der Waals surface area contributed by atoms with Gasteiger partial charge in [-0.25, -0.2) is 0 Å². The third kappa shape index (κ3) is 2.45. The van der Waals surface area contributed by atoms with Crippen LogP contribution in [-0.4, -0.2) is 28.0 Å². The number of halogens is 1. The minimum Gasteiger partial charge on any atom is -0.398 e. The van der Waals surface area contributed by atoms with Gasteiger partial charge in [-0.3, -0.25) is 0 Å². The van der Waals surface area contributed by atoms with Crippen LogP contribution in [0, 0.1) is 0 Å². The molecule has 2 atom stereocenters. The topological polar surface area (TPSA) is 86.7 Å². The van der Waals surface area contributed by atoms with Gasteiger partial charge in [0.2, 0.25) is 0 Å². The number of rotatable bonds is 3. The largest absolute Gasteiger partial charge is 0.398 e. The maximum atomic E-state index is 9.53. The molecule has 0 fully saturated rings. The summed E-state index contributed by atoms with van der Waals surface area (Å²) in [5, 5.41) is 27.4. The lowest BCUT2D eigenvalue weighted by Gasteiger charge is -2.16. The molecule has 1 rings (SSSR count). The van der Waals surface area contributed by atoms with E-state index in [0.717, 1.165) is 0 Å². The molecule has 0 aliphatic heterocycles. The van der Waals surface area contributed by atoms with Gasteiger partial charge < -0.3 is 21.1 Å². The molecule has 0 saturated carbocycles. The van der Waals surface area contributed by atoms with Crippen LogP contribution in [0.1, 0.15) is 11.7 Å². The van der Waals surface area contributed by atoms with Crippen molar-refractivity contribution in [2.45, 2.75) is 12.2 Å². The first-order valence-electron chi connectivity index (χ1n) is 4.08. The average Bonchev–Trinajstić information content (AvgIpc) is 2.20. The van der Waals surface area contributed by atoms with E-state index < -0.39 is 18.8 Å². The van der Waals surface area contributed by atoms with Crippen LogP contribution < -0.4 is 5.73 Å². The van der Waals surface area contributed by atoms with Crippen LogP contribution in [0.25, 0.3) is 0 Å². The van der Waals surface area contributed by atoms with Crippen molar-refractivity contribution < 1.29 is 15.3 Å². The quantitative estimate of drug-likeness (QED) is 0.594. The lowest BCUT2D eigenvalue weighted by atomic mass is 10.0. The van der Waals surface area contributed by atoms with Crippen LogP contribution in [0.4, 0.5) is 5.69 Å². The maximum absolute atomic E-state index is 9.53. The molecule has 1 aromatic rings. The fourth-order valence-electron chi connectivity index (χ4n) is 1.05. The first kappa shape index (κ1) is 11.5. The predicted molar refractivity (Wildman–Crippen MR) is 56.6 cm³/mol. The normalized spacial score (nSPS) is 15.1. The maximum Gasteiger partial charge on any atom is 0.107 e. The number of benzene rings is 1. The molecule has 0 bridgehead atoms. The lowest BCUT2D eigenvalue weighted by molar-refractivity contribution is -0.0152. The van der Waals surface area contributed by atoms with Crippen molar-refractivity contribution in [3.8, 4) is 0 Å². The predicted octanol–water partition coefficient (Wildman–Crippen LogP) is 0.418. The number of hydrogen-bond donors (Lipinski definition) is 4. The van der Waals surface area contributed by atoms with Gasteiger partial charge in [0.1, 0.15) is 12.2 Å². The Labute approximate surface area is 90.1 Å². The molecule has 14 heavy (non-hydrogen) atoms. The molecule has 0 aliphatic rings. The van der Waals surface area contributed by atoms with Gasteiger partial charge in [-0.1, -0.05) is 6.07 Å². The zero-order valence-corrected chi connectivity index (χ0v) is 8.98. The van der Waals surface area contributed by atoms with E-state index in [0.29, 0.717) is 15.7 Å². The summed E-state index contributed by atoms with van der Waals surface area (Å²) in [7, 11) is 0. The van der Waals surface area contributed by atoms with Crippen LogP contribution in [0.5, 0.6) is 0 Å². The van der Waals surface area contributed by atoms with Gasteiger partial charge in [-0.15, -0.1) is 0 Å². The lowest BCUT2D eigenvalue weighted by Crippen LogP contribution is -2.22. The highest BCUT2D eigenvalue weighted by molar-refractivity contribution is 9.10. The molecule has 0 saturated heterocycles. The zero-order valence-electron chi connectivity index (χ0n) is 7.39. The number of nitrogen functional groups attached to an aromatic ring is 1. The fourth-order valence-corrected chi connectivity index (χ4v) is 1.45. The van der Waals surface area contributed by atoms with Crippen molar-refractivity contribution in [2.24, 2.45) is 0 Å². The second-order valence-electron chi connectivity index (χ2n) is 2.98. The molecule has 0 heterocycles. The van der Waals surface area contributed by atoms with Gasteiger partial charge in [0.15, 0.2) is 0 Å². The molecule has 0 spiro atoms. The molecule has 78 valence electrons. The van der Waals surface area contributed by atoms with Gasteiger partial charge in [0.25, 0.3) is 0 Å². The zero-order chi connectivity index (χ0) is 10.7. The number of nitrogens with two attached hydrogens (primary N) is 1. The molecule has 4 nitrogen and oxygen atoms in total. The van der Waals surface area contributed by atoms with E-state index in [1.54, 1.807) is 18.2 Å². The third-order valence-electron chi connectivity index (χ3n) is 1.92. The summed E-state index contributed by atoms with van der Waals surface area (Å²) in [4.78, 5) is 0. The van der Waals surface area contributed by atoms with Crippen molar-refractivity contribution in [2.75, 3.05) is 12.3 Å². The molecule has 2 unspecified atom stereocenters. The summed E-state index contributed by atoms with van der Waals surface area (Å²) in [5.41, 5.74) is 6.62. The summed E-state index contributed by atoms with van der Waals surface area (Å²) in [6.45, 7) is -0.483. The second kappa shape index (κ2) is 4.75. The van der Waals surface area contributed by atoms with E-state index in [1.165, 1.54) is 0 Å². The van der Waals surface area contributed by atoms with Crippen molar-refractivity contribution in [3.63, 3.8) is 0 Å². The highest BCUT2D eigenvalue weighted by Gasteiger charge is 2.17. The Morgan fingerprint density at radius 1 is 1.36 bits per heavy atom. The van der Waals surface area contributed by atoms with Gasteiger partial charge >= 0.3 is 0 Å². The molecule has 0 amide bonds. The van der Waals surface area contributed by atoms with Crippen molar-refractivity contribution >= 4 is 21.6 Å². The molecule has 5 heteroatoms. The smallest absolute Gasteiger partial charge is 0.107 e. The average molecular weight is 262 g/mol. The highest BCUT2D eigenvalue weighted by atomic mass is 79.9. The summed E-state index contributed by atoms with van der Waals surface area (Å²) < 4.78 is 0.652. The van der Waals surface area contributed by atoms with Crippen LogP contribution in [0.15, 0.2) is 22.7 Å². The first-order chi connectivity index (χ1) is 6.56. The molecule has 0 aliphatic carbocycles. The van der Waals surface area contributed by atoms with Crippen LogP contribution in [0.2, 0.25) is 0 Å².